The number of rotatable bonds is 8. The van der Waals surface area contributed by atoms with E-state index in [4.69, 9.17) is 10.8 Å². The summed E-state index contributed by atoms with van der Waals surface area (Å²) in [6.45, 7) is 2.10. The van der Waals surface area contributed by atoms with Crippen molar-refractivity contribution in [1.29, 1.82) is 0 Å². The van der Waals surface area contributed by atoms with E-state index in [9.17, 15) is 9.59 Å². The Morgan fingerprint density at radius 3 is 2.50 bits per heavy atom. The van der Waals surface area contributed by atoms with Crippen molar-refractivity contribution in [3.63, 3.8) is 0 Å². The van der Waals surface area contributed by atoms with Crippen molar-refractivity contribution in [2.45, 2.75) is 45.1 Å². The molecule has 0 heterocycles. The standard InChI is InChI=1S/C10H19NO3/c1-2-3-4-5-6-8(7-12)9(11)10(13)14/h7-9H,2-6,11H2,1H3,(H,13,14). The number of carboxylic acids is 1. The molecule has 0 aromatic rings. The number of nitrogens with two attached hydrogens (primary N) is 1. The van der Waals surface area contributed by atoms with E-state index in [1.165, 1.54) is 0 Å². The van der Waals surface area contributed by atoms with E-state index in [1.807, 2.05) is 0 Å². The fourth-order valence-electron chi connectivity index (χ4n) is 1.32. The second-order valence-corrected chi connectivity index (χ2v) is 3.51. The molecule has 0 radical (unpaired) electrons. The zero-order chi connectivity index (χ0) is 11.0. The zero-order valence-corrected chi connectivity index (χ0v) is 8.61. The highest BCUT2D eigenvalue weighted by molar-refractivity contribution is 5.77. The van der Waals surface area contributed by atoms with E-state index in [0.717, 1.165) is 25.7 Å². The highest BCUT2D eigenvalue weighted by Gasteiger charge is 2.22. The van der Waals surface area contributed by atoms with E-state index in [1.54, 1.807) is 0 Å². The molecule has 0 amide bonds. The monoisotopic (exact) mass is 201 g/mol. The highest BCUT2D eigenvalue weighted by atomic mass is 16.4. The van der Waals surface area contributed by atoms with E-state index in [0.29, 0.717) is 12.7 Å². The molecule has 2 atom stereocenters. The summed E-state index contributed by atoms with van der Waals surface area (Å²) >= 11 is 0. The SMILES string of the molecule is CCCCCCC(C=O)C(N)C(=O)O. The van der Waals surface area contributed by atoms with Crippen molar-refractivity contribution in [3.8, 4) is 0 Å². The fourth-order valence-corrected chi connectivity index (χ4v) is 1.32. The van der Waals surface area contributed by atoms with E-state index in [-0.39, 0.29) is 0 Å². The zero-order valence-electron chi connectivity index (χ0n) is 8.61. The van der Waals surface area contributed by atoms with Crippen LogP contribution in [0.2, 0.25) is 0 Å². The van der Waals surface area contributed by atoms with Crippen molar-refractivity contribution >= 4 is 12.3 Å². The predicted molar refractivity (Wildman–Crippen MR) is 53.9 cm³/mol. The minimum absolute atomic E-state index is 0.538. The molecule has 0 bridgehead atoms. The first kappa shape index (κ1) is 13.1. The van der Waals surface area contributed by atoms with Gasteiger partial charge in [-0.25, -0.2) is 0 Å². The molecule has 2 unspecified atom stereocenters. The number of unbranched alkanes of at least 4 members (excludes halogenated alkanes) is 3. The van der Waals surface area contributed by atoms with Crippen LogP contribution >= 0.6 is 0 Å². The largest absolute Gasteiger partial charge is 0.480 e. The molecule has 3 N–H and O–H groups in total. The van der Waals surface area contributed by atoms with Gasteiger partial charge >= 0.3 is 5.97 Å². The lowest BCUT2D eigenvalue weighted by atomic mass is 9.95. The van der Waals surface area contributed by atoms with Crippen molar-refractivity contribution in [1.82, 2.24) is 0 Å². The maximum absolute atomic E-state index is 10.6. The summed E-state index contributed by atoms with van der Waals surface area (Å²) in [5, 5.41) is 8.60. The third-order valence-corrected chi connectivity index (χ3v) is 2.31. The summed E-state index contributed by atoms with van der Waals surface area (Å²) in [7, 11) is 0. The van der Waals surface area contributed by atoms with Gasteiger partial charge in [-0.3, -0.25) is 4.79 Å². The van der Waals surface area contributed by atoms with Crippen LogP contribution in [0.1, 0.15) is 39.0 Å². The Morgan fingerprint density at radius 2 is 2.07 bits per heavy atom. The first-order valence-corrected chi connectivity index (χ1v) is 5.07. The molecule has 0 fully saturated rings. The number of carboxylic acid groups (broad SMARTS) is 1. The second kappa shape index (κ2) is 7.50. The molecule has 4 nitrogen and oxygen atoms in total. The minimum atomic E-state index is -1.10. The molecule has 0 aromatic carbocycles. The molecule has 14 heavy (non-hydrogen) atoms. The van der Waals surface area contributed by atoms with Gasteiger partial charge in [-0.2, -0.15) is 0 Å². The Hall–Kier alpha value is -0.900. The van der Waals surface area contributed by atoms with E-state index >= 15 is 0 Å². The van der Waals surface area contributed by atoms with E-state index < -0.39 is 17.9 Å². The Labute approximate surface area is 84.5 Å². The first-order valence-electron chi connectivity index (χ1n) is 5.07. The lowest BCUT2D eigenvalue weighted by Gasteiger charge is -2.13. The van der Waals surface area contributed by atoms with E-state index in [2.05, 4.69) is 6.92 Å². The number of carbonyl (C=O) groups excluding carboxylic acids is 1. The Bertz CT molecular complexity index is 182. The average Bonchev–Trinajstić information content (AvgIpc) is 2.17. The molecule has 0 aromatic heterocycles. The molecule has 0 saturated carbocycles. The summed E-state index contributed by atoms with van der Waals surface area (Å²) in [4.78, 5) is 21.1. The topological polar surface area (TPSA) is 80.4 Å². The quantitative estimate of drug-likeness (QED) is 0.456. The summed E-state index contributed by atoms with van der Waals surface area (Å²) in [6.07, 6.45) is 5.39. The Morgan fingerprint density at radius 1 is 1.43 bits per heavy atom. The molecule has 0 aliphatic rings. The highest BCUT2D eigenvalue weighted by Crippen LogP contribution is 2.11. The van der Waals surface area contributed by atoms with Crippen LogP contribution in [0, 0.1) is 5.92 Å². The van der Waals surface area contributed by atoms with Gasteiger partial charge in [0.1, 0.15) is 12.3 Å². The third kappa shape index (κ3) is 4.97. The van der Waals surface area contributed by atoms with Crippen LogP contribution < -0.4 is 5.73 Å². The summed E-state index contributed by atoms with van der Waals surface area (Å²) in [5.74, 6) is -1.64. The van der Waals surface area contributed by atoms with Gasteiger partial charge in [0, 0.05) is 5.92 Å². The Kier molecular flexibility index (Phi) is 7.02. The van der Waals surface area contributed by atoms with Crippen molar-refractivity contribution in [2.75, 3.05) is 0 Å². The molecular formula is C10H19NO3. The number of carbonyl (C=O) groups is 2. The van der Waals surface area contributed by atoms with Crippen LogP contribution in [-0.2, 0) is 9.59 Å². The van der Waals surface area contributed by atoms with Gasteiger partial charge < -0.3 is 15.6 Å². The number of aldehydes is 1. The molecule has 0 aliphatic carbocycles. The van der Waals surface area contributed by atoms with Gasteiger partial charge in [0.2, 0.25) is 0 Å². The normalized spacial score (nSPS) is 14.7. The molecular weight excluding hydrogens is 182 g/mol. The molecule has 82 valence electrons. The van der Waals surface area contributed by atoms with Crippen LogP contribution in [0.15, 0.2) is 0 Å². The smallest absolute Gasteiger partial charge is 0.321 e. The fraction of sp³-hybridized carbons (Fsp3) is 0.800. The summed E-state index contributed by atoms with van der Waals surface area (Å²) < 4.78 is 0. The average molecular weight is 201 g/mol. The number of hydrogen-bond acceptors (Lipinski definition) is 3. The first-order chi connectivity index (χ1) is 6.63. The number of aliphatic carboxylic acids is 1. The molecule has 4 heteroatoms. The summed E-state index contributed by atoms with van der Waals surface area (Å²) in [5.41, 5.74) is 5.36. The molecule has 0 spiro atoms. The maximum Gasteiger partial charge on any atom is 0.321 e. The minimum Gasteiger partial charge on any atom is -0.480 e. The predicted octanol–water partition coefficient (Wildman–Crippen LogP) is 1.18. The lowest BCUT2D eigenvalue weighted by molar-refractivity contribution is -0.141. The second-order valence-electron chi connectivity index (χ2n) is 3.51. The van der Waals surface area contributed by atoms with Crippen molar-refractivity contribution in [3.05, 3.63) is 0 Å². The van der Waals surface area contributed by atoms with Gasteiger partial charge in [0.25, 0.3) is 0 Å². The maximum atomic E-state index is 10.6. The molecule has 0 saturated heterocycles. The molecule has 0 rings (SSSR count). The van der Waals surface area contributed by atoms with Crippen LogP contribution in [-0.4, -0.2) is 23.4 Å². The van der Waals surface area contributed by atoms with Crippen molar-refractivity contribution < 1.29 is 14.7 Å². The van der Waals surface area contributed by atoms with Gasteiger partial charge in [-0.1, -0.05) is 32.6 Å². The lowest BCUT2D eigenvalue weighted by Crippen LogP contribution is -2.38. The Balaban J connectivity index is 3.79. The van der Waals surface area contributed by atoms with Gasteiger partial charge in [0.15, 0.2) is 0 Å². The summed E-state index contributed by atoms with van der Waals surface area (Å²) in [6, 6.07) is -1.05. The van der Waals surface area contributed by atoms with Crippen molar-refractivity contribution in [2.24, 2.45) is 11.7 Å². The van der Waals surface area contributed by atoms with Gasteiger partial charge in [-0.05, 0) is 6.42 Å². The van der Waals surface area contributed by atoms with Crippen LogP contribution in [0.4, 0.5) is 0 Å². The molecule has 0 aliphatic heterocycles. The third-order valence-electron chi connectivity index (χ3n) is 2.31. The number of hydrogen-bond donors (Lipinski definition) is 2. The van der Waals surface area contributed by atoms with Gasteiger partial charge in [-0.15, -0.1) is 0 Å². The van der Waals surface area contributed by atoms with Crippen LogP contribution in [0.25, 0.3) is 0 Å². The van der Waals surface area contributed by atoms with Crippen LogP contribution in [0.3, 0.4) is 0 Å². The van der Waals surface area contributed by atoms with Gasteiger partial charge in [0.05, 0.1) is 0 Å². The van der Waals surface area contributed by atoms with Crippen LogP contribution in [0.5, 0.6) is 0 Å².